The van der Waals surface area contributed by atoms with Crippen molar-refractivity contribution in [3.63, 3.8) is 0 Å². The van der Waals surface area contributed by atoms with E-state index in [0.29, 0.717) is 11.3 Å². The fraction of sp³-hybridized carbons (Fsp3) is 0.364. The van der Waals surface area contributed by atoms with Gasteiger partial charge in [0, 0.05) is 30.4 Å². The van der Waals surface area contributed by atoms with Crippen molar-refractivity contribution in [2.75, 3.05) is 18.4 Å². The summed E-state index contributed by atoms with van der Waals surface area (Å²) in [4.78, 5) is 30.0. The number of nitrogens with one attached hydrogen (secondary N) is 1. The van der Waals surface area contributed by atoms with Crippen molar-refractivity contribution in [3.8, 4) is 0 Å². The Morgan fingerprint density at radius 3 is 2.47 bits per heavy atom. The highest BCUT2D eigenvalue weighted by Crippen LogP contribution is 2.22. The number of nitro groups is 1. The molecule has 2 aromatic carbocycles. The molecule has 0 bridgehead atoms. The van der Waals surface area contributed by atoms with E-state index in [9.17, 15) is 14.9 Å². The Balaban J connectivity index is 1.50. The van der Waals surface area contributed by atoms with Gasteiger partial charge in [-0.3, -0.25) is 19.8 Å². The molecule has 0 saturated carbocycles. The summed E-state index contributed by atoms with van der Waals surface area (Å²) in [6.45, 7) is 3.05. The van der Waals surface area contributed by atoms with Crippen LogP contribution in [0.25, 0.3) is 11.0 Å². The normalized spacial score (nSPS) is 15.1. The number of non-ortho nitro benzene ring substituents is 1. The fourth-order valence-corrected chi connectivity index (χ4v) is 3.90. The molecule has 1 saturated heterocycles. The van der Waals surface area contributed by atoms with Gasteiger partial charge in [0.05, 0.1) is 22.5 Å². The molecule has 1 fully saturated rings. The minimum Gasteiger partial charge on any atom is -0.330 e. The van der Waals surface area contributed by atoms with Gasteiger partial charge in [-0.1, -0.05) is 12.8 Å². The van der Waals surface area contributed by atoms with E-state index in [1.807, 2.05) is 25.2 Å². The lowest BCUT2D eigenvalue weighted by atomic mass is 10.2. The van der Waals surface area contributed by atoms with Crippen LogP contribution < -0.4 is 5.32 Å². The molecule has 0 unspecified atom stereocenters. The topological polar surface area (TPSA) is 93.3 Å². The lowest BCUT2D eigenvalue weighted by Crippen LogP contribution is -2.25. The van der Waals surface area contributed by atoms with Gasteiger partial charge < -0.3 is 9.88 Å². The first kappa shape index (κ1) is 20.0. The van der Waals surface area contributed by atoms with Crippen LogP contribution in [0.15, 0.2) is 42.5 Å². The van der Waals surface area contributed by atoms with Gasteiger partial charge in [0.2, 0.25) is 0 Å². The summed E-state index contributed by atoms with van der Waals surface area (Å²) in [6, 6.07) is 11.2. The van der Waals surface area contributed by atoms with Gasteiger partial charge in [-0.25, -0.2) is 4.98 Å². The molecule has 8 heteroatoms. The van der Waals surface area contributed by atoms with Crippen LogP contribution in [0.1, 0.15) is 41.9 Å². The molecule has 0 spiro atoms. The Morgan fingerprint density at radius 2 is 1.80 bits per heavy atom. The highest BCUT2D eigenvalue weighted by atomic mass is 16.6. The molecule has 4 rings (SSSR count). The first-order valence-electron chi connectivity index (χ1n) is 10.2. The lowest BCUT2D eigenvalue weighted by Gasteiger charge is -2.19. The second-order valence-electron chi connectivity index (χ2n) is 7.74. The lowest BCUT2D eigenvalue weighted by molar-refractivity contribution is -0.384. The second-order valence-corrected chi connectivity index (χ2v) is 7.74. The first-order valence-corrected chi connectivity index (χ1v) is 10.2. The zero-order chi connectivity index (χ0) is 21.1. The predicted molar refractivity (Wildman–Crippen MR) is 116 cm³/mol. The van der Waals surface area contributed by atoms with Crippen LogP contribution >= 0.6 is 0 Å². The second kappa shape index (κ2) is 8.62. The standard InChI is InChI=1S/C22H25N5O3/c1-25-20-11-8-17(23-22(28)16-6-9-18(10-7-16)27(29)30)14-19(20)24-21(25)15-26-12-4-2-3-5-13-26/h6-11,14H,2-5,12-13,15H2,1H3,(H,23,28). The number of hydrogen-bond donors (Lipinski definition) is 1. The van der Waals surface area contributed by atoms with Crippen molar-refractivity contribution in [1.82, 2.24) is 14.5 Å². The van der Waals surface area contributed by atoms with Gasteiger partial charge in [0.1, 0.15) is 5.82 Å². The number of aromatic nitrogens is 2. The van der Waals surface area contributed by atoms with Crippen LogP contribution in [0.3, 0.4) is 0 Å². The van der Waals surface area contributed by atoms with Crippen molar-refractivity contribution >= 4 is 28.3 Å². The number of likely N-dealkylation sites (tertiary alicyclic amines) is 1. The summed E-state index contributed by atoms with van der Waals surface area (Å²) in [5, 5.41) is 13.6. The molecule has 1 aliphatic heterocycles. The molecular weight excluding hydrogens is 382 g/mol. The number of hydrogen-bond acceptors (Lipinski definition) is 5. The van der Waals surface area contributed by atoms with E-state index >= 15 is 0 Å². The van der Waals surface area contributed by atoms with E-state index in [-0.39, 0.29) is 11.6 Å². The molecular formula is C22H25N5O3. The maximum atomic E-state index is 12.5. The van der Waals surface area contributed by atoms with E-state index in [4.69, 9.17) is 4.98 Å². The minimum atomic E-state index is -0.486. The number of carbonyl (C=O) groups is 1. The first-order chi connectivity index (χ1) is 14.5. The zero-order valence-electron chi connectivity index (χ0n) is 17.0. The third-order valence-electron chi connectivity index (χ3n) is 5.64. The molecule has 1 amide bonds. The van der Waals surface area contributed by atoms with Gasteiger partial charge in [-0.2, -0.15) is 0 Å². The summed E-state index contributed by atoms with van der Waals surface area (Å²) in [5.74, 6) is 0.704. The quantitative estimate of drug-likeness (QED) is 0.507. The molecule has 156 valence electrons. The molecule has 1 N–H and O–H groups in total. The average molecular weight is 407 g/mol. The van der Waals surface area contributed by atoms with Crippen LogP contribution in [-0.2, 0) is 13.6 Å². The van der Waals surface area contributed by atoms with Crippen LogP contribution in [0.4, 0.5) is 11.4 Å². The molecule has 2 heterocycles. The fourth-order valence-electron chi connectivity index (χ4n) is 3.90. The van der Waals surface area contributed by atoms with Crippen LogP contribution in [0.2, 0.25) is 0 Å². The van der Waals surface area contributed by atoms with E-state index in [0.717, 1.165) is 36.5 Å². The number of amides is 1. The number of fused-ring (bicyclic) bond motifs is 1. The van der Waals surface area contributed by atoms with Crippen molar-refractivity contribution in [3.05, 3.63) is 64.0 Å². The molecule has 30 heavy (non-hydrogen) atoms. The summed E-state index contributed by atoms with van der Waals surface area (Å²) in [7, 11) is 2.03. The van der Waals surface area contributed by atoms with Gasteiger partial charge >= 0.3 is 0 Å². The average Bonchev–Trinajstić information content (AvgIpc) is 2.90. The van der Waals surface area contributed by atoms with Gasteiger partial charge in [-0.05, 0) is 56.3 Å². The monoisotopic (exact) mass is 407 g/mol. The maximum Gasteiger partial charge on any atom is 0.269 e. The Kier molecular flexibility index (Phi) is 5.76. The third-order valence-corrected chi connectivity index (χ3v) is 5.64. The van der Waals surface area contributed by atoms with Crippen LogP contribution in [0.5, 0.6) is 0 Å². The SMILES string of the molecule is Cn1c(CN2CCCCCC2)nc2cc(NC(=O)c3ccc([N+](=O)[O-])cc3)ccc21. The molecule has 8 nitrogen and oxygen atoms in total. The number of anilines is 1. The summed E-state index contributed by atoms with van der Waals surface area (Å²) >= 11 is 0. The van der Waals surface area contributed by atoms with Crippen molar-refractivity contribution in [2.24, 2.45) is 7.05 Å². The van der Waals surface area contributed by atoms with Crippen LogP contribution in [-0.4, -0.2) is 38.4 Å². The van der Waals surface area contributed by atoms with Crippen molar-refractivity contribution < 1.29 is 9.72 Å². The van der Waals surface area contributed by atoms with Gasteiger partial charge in [0.25, 0.3) is 11.6 Å². The predicted octanol–water partition coefficient (Wildman–Crippen LogP) is 4.11. The number of benzene rings is 2. The van der Waals surface area contributed by atoms with Gasteiger partial charge in [0.15, 0.2) is 0 Å². The number of carbonyl (C=O) groups excluding carboxylic acids is 1. The molecule has 0 atom stereocenters. The molecule has 1 aliphatic rings. The Labute approximate surface area is 174 Å². The molecule has 1 aromatic heterocycles. The smallest absolute Gasteiger partial charge is 0.269 e. The molecule has 3 aromatic rings. The maximum absolute atomic E-state index is 12.5. The Morgan fingerprint density at radius 1 is 1.10 bits per heavy atom. The van der Waals surface area contributed by atoms with E-state index < -0.39 is 4.92 Å². The minimum absolute atomic E-state index is 0.0432. The highest BCUT2D eigenvalue weighted by molar-refractivity contribution is 6.05. The van der Waals surface area contributed by atoms with Crippen molar-refractivity contribution in [1.29, 1.82) is 0 Å². The summed E-state index contributed by atoms with van der Waals surface area (Å²) < 4.78 is 2.11. The number of imidazole rings is 1. The zero-order valence-corrected chi connectivity index (χ0v) is 17.0. The van der Waals surface area contributed by atoms with E-state index in [1.165, 1.54) is 49.9 Å². The van der Waals surface area contributed by atoms with E-state index in [1.54, 1.807) is 0 Å². The van der Waals surface area contributed by atoms with Gasteiger partial charge in [-0.15, -0.1) is 0 Å². The Hall–Kier alpha value is -3.26. The number of rotatable bonds is 5. The molecule has 0 radical (unpaired) electrons. The largest absolute Gasteiger partial charge is 0.330 e. The molecule has 0 aliphatic carbocycles. The summed E-state index contributed by atoms with van der Waals surface area (Å²) in [6.07, 6.45) is 5.08. The Bertz CT molecular complexity index is 1070. The third kappa shape index (κ3) is 4.33. The highest BCUT2D eigenvalue weighted by Gasteiger charge is 2.15. The number of aryl methyl sites for hydroxylation is 1. The number of nitrogens with zero attached hydrogens (tertiary/aromatic N) is 4. The number of nitro benzene ring substituents is 1. The van der Waals surface area contributed by atoms with Crippen LogP contribution in [0, 0.1) is 10.1 Å². The van der Waals surface area contributed by atoms with Crippen molar-refractivity contribution in [2.45, 2.75) is 32.2 Å². The summed E-state index contributed by atoms with van der Waals surface area (Å²) in [5.41, 5.74) is 2.82. The van der Waals surface area contributed by atoms with E-state index in [2.05, 4.69) is 14.8 Å².